The van der Waals surface area contributed by atoms with Crippen LogP contribution in [0.5, 0.6) is 11.5 Å². The highest BCUT2D eigenvalue weighted by atomic mass is 16.5. The van der Waals surface area contributed by atoms with E-state index >= 15 is 0 Å². The Labute approximate surface area is 145 Å². The summed E-state index contributed by atoms with van der Waals surface area (Å²) in [7, 11) is 1.58. The first-order valence-electron chi connectivity index (χ1n) is 8.48. The number of aromatic hydroxyl groups is 1. The van der Waals surface area contributed by atoms with E-state index in [-0.39, 0.29) is 11.7 Å². The van der Waals surface area contributed by atoms with E-state index < -0.39 is 0 Å². The summed E-state index contributed by atoms with van der Waals surface area (Å²) < 4.78 is 5.29. The second kappa shape index (κ2) is 7.57. The minimum Gasteiger partial charge on any atom is -0.504 e. The third kappa shape index (κ3) is 3.81. The number of phenols is 1. The van der Waals surface area contributed by atoms with Gasteiger partial charge in [0.2, 0.25) is 0 Å². The highest BCUT2D eigenvalue weighted by molar-refractivity contribution is 5.48. The summed E-state index contributed by atoms with van der Waals surface area (Å²) in [5, 5.41) is 9.89. The predicted octanol–water partition coefficient (Wildman–Crippen LogP) is 5.68. The Hall–Kier alpha value is -2.22. The second-order valence-corrected chi connectivity index (χ2v) is 6.63. The minimum absolute atomic E-state index is 0.171. The number of hydrogen-bond donors (Lipinski definition) is 1. The molecule has 0 bridgehead atoms. The summed E-state index contributed by atoms with van der Waals surface area (Å²) >= 11 is 0. The van der Waals surface area contributed by atoms with Gasteiger partial charge in [-0.25, -0.2) is 0 Å². The molecule has 2 heteroatoms. The maximum atomic E-state index is 9.89. The lowest BCUT2D eigenvalue weighted by molar-refractivity contribution is 0.372. The summed E-state index contributed by atoms with van der Waals surface area (Å²) in [6.45, 7) is 12.7. The SMILES string of the molecule is C=C(C)C[C@@H](c1ccc(O)c(OC)c1)c1cc(C)c(CC)cc1C. The maximum Gasteiger partial charge on any atom is 0.160 e. The number of phenolic OH excluding ortho intramolecular Hbond substituents is 1. The van der Waals surface area contributed by atoms with Gasteiger partial charge in [0.25, 0.3) is 0 Å². The van der Waals surface area contributed by atoms with Crippen molar-refractivity contribution in [1.29, 1.82) is 0 Å². The first-order valence-corrected chi connectivity index (χ1v) is 8.48. The lowest BCUT2D eigenvalue weighted by Gasteiger charge is -2.23. The zero-order valence-corrected chi connectivity index (χ0v) is 15.4. The van der Waals surface area contributed by atoms with Crippen LogP contribution in [0.15, 0.2) is 42.5 Å². The molecule has 0 aromatic heterocycles. The Morgan fingerprint density at radius 2 is 1.88 bits per heavy atom. The van der Waals surface area contributed by atoms with E-state index in [2.05, 4.69) is 46.4 Å². The van der Waals surface area contributed by atoms with Gasteiger partial charge in [-0.05, 0) is 73.6 Å². The largest absolute Gasteiger partial charge is 0.504 e. The topological polar surface area (TPSA) is 29.5 Å². The Bertz CT molecular complexity index is 744. The Morgan fingerprint density at radius 3 is 2.46 bits per heavy atom. The molecular formula is C22H28O2. The Balaban J connectivity index is 2.58. The zero-order valence-electron chi connectivity index (χ0n) is 15.4. The van der Waals surface area contributed by atoms with Crippen molar-refractivity contribution < 1.29 is 9.84 Å². The van der Waals surface area contributed by atoms with Crippen LogP contribution in [0.3, 0.4) is 0 Å². The van der Waals surface area contributed by atoms with Gasteiger partial charge in [0, 0.05) is 5.92 Å². The van der Waals surface area contributed by atoms with E-state index in [4.69, 9.17) is 4.74 Å². The Kier molecular flexibility index (Phi) is 5.71. The molecule has 0 saturated heterocycles. The van der Waals surface area contributed by atoms with Gasteiger partial charge in [0.05, 0.1) is 7.11 Å². The van der Waals surface area contributed by atoms with E-state index in [1.165, 1.54) is 22.3 Å². The smallest absolute Gasteiger partial charge is 0.160 e. The maximum absolute atomic E-state index is 9.89. The molecule has 128 valence electrons. The van der Waals surface area contributed by atoms with Gasteiger partial charge >= 0.3 is 0 Å². The first-order chi connectivity index (χ1) is 11.4. The number of rotatable bonds is 6. The van der Waals surface area contributed by atoms with Crippen molar-refractivity contribution in [2.45, 2.75) is 46.5 Å². The molecule has 2 rings (SSSR count). The number of benzene rings is 2. The minimum atomic E-state index is 0.171. The molecule has 0 spiro atoms. The monoisotopic (exact) mass is 324 g/mol. The van der Waals surface area contributed by atoms with Gasteiger partial charge in [0.1, 0.15) is 0 Å². The molecule has 0 fully saturated rings. The first kappa shape index (κ1) is 18.1. The third-order valence-corrected chi connectivity index (χ3v) is 4.64. The standard InChI is InChI=1S/C22H28O2/c1-7-17-11-16(5)19(12-15(17)4)20(10-14(2)3)18-8-9-21(23)22(13-18)24-6/h8-9,11-13,20,23H,2,7,10H2,1,3-6H3/t20-/m0/s1. The summed E-state index contributed by atoms with van der Waals surface area (Å²) in [4.78, 5) is 0. The van der Waals surface area contributed by atoms with Crippen LogP contribution in [0.1, 0.15) is 54.0 Å². The molecule has 2 nitrogen and oxygen atoms in total. The van der Waals surface area contributed by atoms with Crippen LogP contribution in [0.25, 0.3) is 0 Å². The summed E-state index contributed by atoms with van der Waals surface area (Å²) in [6.07, 6.45) is 1.92. The molecule has 2 aromatic rings. The van der Waals surface area contributed by atoms with Crippen molar-refractivity contribution in [2.75, 3.05) is 7.11 Å². The number of ether oxygens (including phenoxy) is 1. The van der Waals surface area contributed by atoms with Crippen LogP contribution in [0.4, 0.5) is 0 Å². The predicted molar refractivity (Wildman–Crippen MR) is 101 cm³/mol. The molecule has 0 heterocycles. The van der Waals surface area contributed by atoms with Gasteiger partial charge in [-0.1, -0.05) is 30.7 Å². The van der Waals surface area contributed by atoms with Gasteiger partial charge in [-0.2, -0.15) is 0 Å². The molecule has 0 aliphatic rings. The van der Waals surface area contributed by atoms with E-state index in [1.807, 2.05) is 12.1 Å². The molecule has 0 aliphatic carbocycles. The molecule has 1 N–H and O–H groups in total. The fraction of sp³-hybridized carbons (Fsp3) is 0.364. The molecule has 0 saturated carbocycles. The van der Waals surface area contributed by atoms with Crippen LogP contribution in [0, 0.1) is 13.8 Å². The second-order valence-electron chi connectivity index (χ2n) is 6.63. The number of hydrogen-bond acceptors (Lipinski definition) is 2. The van der Waals surface area contributed by atoms with Gasteiger partial charge in [-0.3, -0.25) is 0 Å². The quantitative estimate of drug-likeness (QED) is 0.693. The van der Waals surface area contributed by atoms with Crippen LogP contribution in [0.2, 0.25) is 0 Å². The molecular weight excluding hydrogens is 296 g/mol. The van der Waals surface area contributed by atoms with Crippen molar-refractivity contribution in [3.05, 3.63) is 70.3 Å². The van der Waals surface area contributed by atoms with Gasteiger partial charge in [0.15, 0.2) is 11.5 Å². The van der Waals surface area contributed by atoms with E-state index in [9.17, 15) is 5.11 Å². The number of aryl methyl sites for hydroxylation is 3. The summed E-state index contributed by atoms with van der Waals surface area (Å²) in [6, 6.07) is 10.2. The third-order valence-electron chi connectivity index (χ3n) is 4.64. The molecule has 0 amide bonds. The van der Waals surface area contributed by atoms with Gasteiger partial charge < -0.3 is 9.84 Å². The zero-order chi connectivity index (χ0) is 17.9. The van der Waals surface area contributed by atoms with Crippen molar-refractivity contribution in [1.82, 2.24) is 0 Å². The lowest BCUT2D eigenvalue weighted by Crippen LogP contribution is -2.06. The Morgan fingerprint density at radius 1 is 1.17 bits per heavy atom. The molecule has 0 radical (unpaired) electrons. The van der Waals surface area contributed by atoms with Crippen molar-refractivity contribution in [3.63, 3.8) is 0 Å². The lowest BCUT2D eigenvalue weighted by atomic mass is 9.82. The fourth-order valence-corrected chi connectivity index (χ4v) is 3.32. The normalized spacial score (nSPS) is 12.0. The highest BCUT2D eigenvalue weighted by Crippen LogP contribution is 2.37. The molecule has 2 aromatic carbocycles. The summed E-state index contributed by atoms with van der Waals surface area (Å²) in [5.41, 5.74) is 7.63. The average Bonchev–Trinajstić information content (AvgIpc) is 2.55. The van der Waals surface area contributed by atoms with Crippen molar-refractivity contribution >= 4 is 0 Å². The molecule has 0 aliphatic heterocycles. The van der Waals surface area contributed by atoms with Crippen molar-refractivity contribution in [3.8, 4) is 11.5 Å². The van der Waals surface area contributed by atoms with Gasteiger partial charge in [-0.15, -0.1) is 6.58 Å². The number of methoxy groups -OCH3 is 1. The van der Waals surface area contributed by atoms with Crippen LogP contribution < -0.4 is 4.74 Å². The molecule has 24 heavy (non-hydrogen) atoms. The van der Waals surface area contributed by atoms with Crippen LogP contribution in [-0.2, 0) is 6.42 Å². The average molecular weight is 324 g/mol. The molecule has 0 unspecified atom stereocenters. The van der Waals surface area contributed by atoms with Crippen LogP contribution in [-0.4, -0.2) is 12.2 Å². The fourth-order valence-electron chi connectivity index (χ4n) is 3.32. The van der Waals surface area contributed by atoms with Crippen molar-refractivity contribution in [2.24, 2.45) is 0 Å². The highest BCUT2D eigenvalue weighted by Gasteiger charge is 2.19. The van der Waals surface area contributed by atoms with E-state index in [0.717, 1.165) is 24.0 Å². The molecule has 1 atom stereocenters. The van der Waals surface area contributed by atoms with Crippen LogP contribution >= 0.6 is 0 Å². The summed E-state index contributed by atoms with van der Waals surface area (Å²) in [5.74, 6) is 0.893. The van der Waals surface area contributed by atoms with E-state index in [1.54, 1.807) is 13.2 Å². The number of allylic oxidation sites excluding steroid dienone is 1. The van der Waals surface area contributed by atoms with E-state index in [0.29, 0.717) is 5.75 Å².